The average Bonchev–Trinajstić information content (AvgIpc) is 1.99. The highest BCUT2D eigenvalue weighted by Crippen LogP contribution is 2.30. The molecule has 3 nitrogen and oxygen atoms in total. The number of nitrogens with zero attached hydrogens (tertiary/aromatic N) is 1. The van der Waals surface area contributed by atoms with Gasteiger partial charge in [-0.2, -0.15) is 0 Å². The fourth-order valence-corrected chi connectivity index (χ4v) is 2.07. The van der Waals surface area contributed by atoms with Crippen LogP contribution in [0, 0.1) is 5.92 Å². The normalized spacial score (nSPS) is 29.2. The standard InChI is InChI=1S/C10H17NO2/c1-13-10(12)9-5-6-11(9)7-8-3-2-4-8/h8-9H,2-7H2,1H3. The van der Waals surface area contributed by atoms with Crippen LogP contribution < -0.4 is 0 Å². The third-order valence-corrected chi connectivity index (χ3v) is 3.32. The molecule has 13 heavy (non-hydrogen) atoms. The monoisotopic (exact) mass is 183 g/mol. The molecule has 0 amide bonds. The van der Waals surface area contributed by atoms with Gasteiger partial charge in [0.25, 0.3) is 0 Å². The summed E-state index contributed by atoms with van der Waals surface area (Å²) in [5.41, 5.74) is 0. The van der Waals surface area contributed by atoms with Gasteiger partial charge in [0.05, 0.1) is 7.11 Å². The first-order valence-corrected chi connectivity index (χ1v) is 5.13. The van der Waals surface area contributed by atoms with Gasteiger partial charge >= 0.3 is 5.97 Å². The van der Waals surface area contributed by atoms with E-state index in [1.165, 1.54) is 26.4 Å². The summed E-state index contributed by atoms with van der Waals surface area (Å²) < 4.78 is 4.74. The van der Waals surface area contributed by atoms with Crippen molar-refractivity contribution >= 4 is 5.97 Å². The van der Waals surface area contributed by atoms with Gasteiger partial charge in [0, 0.05) is 13.1 Å². The number of carbonyl (C=O) groups is 1. The number of rotatable bonds is 3. The number of likely N-dealkylation sites (tertiary alicyclic amines) is 1. The lowest BCUT2D eigenvalue weighted by Crippen LogP contribution is -2.54. The van der Waals surface area contributed by atoms with E-state index in [1.807, 2.05) is 0 Å². The van der Waals surface area contributed by atoms with E-state index in [0.29, 0.717) is 0 Å². The number of methoxy groups -OCH3 is 1. The first-order chi connectivity index (χ1) is 6.31. The Balaban J connectivity index is 1.76. The first kappa shape index (κ1) is 9.00. The van der Waals surface area contributed by atoms with Crippen LogP contribution in [-0.2, 0) is 9.53 Å². The van der Waals surface area contributed by atoms with E-state index in [0.717, 1.165) is 25.4 Å². The average molecular weight is 183 g/mol. The smallest absolute Gasteiger partial charge is 0.323 e. The zero-order valence-corrected chi connectivity index (χ0v) is 8.16. The quantitative estimate of drug-likeness (QED) is 0.612. The zero-order chi connectivity index (χ0) is 9.26. The molecule has 1 atom stereocenters. The largest absolute Gasteiger partial charge is 0.468 e. The lowest BCUT2D eigenvalue weighted by Gasteiger charge is -2.42. The van der Waals surface area contributed by atoms with E-state index in [-0.39, 0.29) is 12.0 Å². The molecule has 74 valence electrons. The summed E-state index contributed by atoms with van der Waals surface area (Å²) in [5.74, 6) is 0.804. The Labute approximate surface area is 79.0 Å². The number of hydrogen-bond donors (Lipinski definition) is 0. The molecular formula is C10H17NO2. The van der Waals surface area contributed by atoms with Crippen molar-refractivity contribution in [3.63, 3.8) is 0 Å². The molecule has 1 unspecified atom stereocenters. The van der Waals surface area contributed by atoms with Gasteiger partial charge in [0.1, 0.15) is 6.04 Å². The van der Waals surface area contributed by atoms with E-state index in [9.17, 15) is 4.79 Å². The fraction of sp³-hybridized carbons (Fsp3) is 0.900. The molecule has 0 aromatic heterocycles. The molecule has 0 aromatic carbocycles. The maximum absolute atomic E-state index is 11.2. The minimum atomic E-state index is -0.0504. The Bertz CT molecular complexity index is 201. The minimum Gasteiger partial charge on any atom is -0.468 e. The molecule has 2 aliphatic rings. The second-order valence-electron chi connectivity index (χ2n) is 4.12. The predicted octanol–water partition coefficient (Wildman–Crippen LogP) is 1.03. The zero-order valence-electron chi connectivity index (χ0n) is 8.16. The molecule has 1 saturated carbocycles. The summed E-state index contributed by atoms with van der Waals surface area (Å²) in [5, 5.41) is 0. The van der Waals surface area contributed by atoms with Crippen LogP contribution in [0.1, 0.15) is 25.7 Å². The highest BCUT2D eigenvalue weighted by molar-refractivity contribution is 5.76. The Morgan fingerprint density at radius 2 is 2.23 bits per heavy atom. The molecule has 1 aliphatic carbocycles. The van der Waals surface area contributed by atoms with Crippen molar-refractivity contribution in [3.8, 4) is 0 Å². The fourth-order valence-electron chi connectivity index (χ4n) is 2.07. The highest BCUT2D eigenvalue weighted by atomic mass is 16.5. The van der Waals surface area contributed by atoms with E-state index in [4.69, 9.17) is 4.74 Å². The Kier molecular flexibility index (Phi) is 2.54. The third kappa shape index (κ3) is 1.70. The molecular weight excluding hydrogens is 166 g/mol. The van der Waals surface area contributed by atoms with Crippen LogP contribution in [0.4, 0.5) is 0 Å². The summed E-state index contributed by atoms with van der Waals surface area (Å²) in [6.07, 6.45) is 5.07. The van der Waals surface area contributed by atoms with Crippen molar-refractivity contribution < 1.29 is 9.53 Å². The molecule has 0 bridgehead atoms. The molecule has 0 radical (unpaired) electrons. The Morgan fingerprint density at radius 3 is 2.62 bits per heavy atom. The van der Waals surface area contributed by atoms with Crippen molar-refractivity contribution in [3.05, 3.63) is 0 Å². The van der Waals surface area contributed by atoms with Gasteiger partial charge < -0.3 is 4.74 Å². The maximum Gasteiger partial charge on any atom is 0.323 e. The van der Waals surface area contributed by atoms with Gasteiger partial charge in [-0.3, -0.25) is 9.69 Å². The molecule has 3 heteroatoms. The summed E-state index contributed by atoms with van der Waals surface area (Å²) >= 11 is 0. The maximum atomic E-state index is 11.2. The lowest BCUT2D eigenvalue weighted by atomic mass is 9.84. The van der Waals surface area contributed by atoms with Crippen LogP contribution in [-0.4, -0.2) is 37.1 Å². The van der Waals surface area contributed by atoms with Gasteiger partial charge in [-0.05, 0) is 25.2 Å². The van der Waals surface area contributed by atoms with E-state index in [2.05, 4.69) is 4.90 Å². The lowest BCUT2D eigenvalue weighted by molar-refractivity contribution is -0.152. The van der Waals surface area contributed by atoms with Gasteiger partial charge in [-0.25, -0.2) is 0 Å². The summed E-state index contributed by atoms with van der Waals surface area (Å²) in [6.45, 7) is 2.19. The number of carbonyl (C=O) groups excluding carboxylic acids is 1. The molecule has 1 aliphatic heterocycles. The number of ether oxygens (including phenoxy) is 1. The van der Waals surface area contributed by atoms with Crippen LogP contribution >= 0.6 is 0 Å². The number of hydrogen-bond acceptors (Lipinski definition) is 3. The summed E-state index contributed by atoms with van der Waals surface area (Å²) in [4.78, 5) is 13.5. The highest BCUT2D eigenvalue weighted by Gasteiger charge is 2.36. The molecule has 2 rings (SSSR count). The Morgan fingerprint density at radius 1 is 1.46 bits per heavy atom. The molecule has 0 spiro atoms. The molecule has 0 N–H and O–H groups in total. The second kappa shape index (κ2) is 3.66. The first-order valence-electron chi connectivity index (χ1n) is 5.13. The van der Waals surface area contributed by atoms with Crippen molar-refractivity contribution in [2.24, 2.45) is 5.92 Å². The van der Waals surface area contributed by atoms with Crippen LogP contribution in [0.5, 0.6) is 0 Å². The Hall–Kier alpha value is -0.570. The SMILES string of the molecule is COC(=O)C1CCN1CC1CCC1. The van der Waals surface area contributed by atoms with Crippen LogP contribution in [0.2, 0.25) is 0 Å². The molecule has 2 fully saturated rings. The van der Waals surface area contributed by atoms with Crippen LogP contribution in [0.15, 0.2) is 0 Å². The molecule has 0 aromatic rings. The van der Waals surface area contributed by atoms with Crippen molar-refractivity contribution in [1.29, 1.82) is 0 Å². The number of esters is 1. The topological polar surface area (TPSA) is 29.5 Å². The van der Waals surface area contributed by atoms with Gasteiger partial charge in [-0.1, -0.05) is 6.42 Å². The van der Waals surface area contributed by atoms with Crippen LogP contribution in [0.3, 0.4) is 0 Å². The van der Waals surface area contributed by atoms with Gasteiger partial charge in [-0.15, -0.1) is 0 Å². The predicted molar refractivity (Wildman–Crippen MR) is 49.3 cm³/mol. The second-order valence-corrected chi connectivity index (χ2v) is 4.12. The minimum absolute atomic E-state index is 0.0504. The summed E-state index contributed by atoms with van der Waals surface area (Å²) in [6, 6.07) is 0.0746. The van der Waals surface area contributed by atoms with Crippen molar-refractivity contribution in [1.82, 2.24) is 4.90 Å². The molecule has 1 saturated heterocycles. The van der Waals surface area contributed by atoms with E-state index < -0.39 is 0 Å². The summed E-state index contributed by atoms with van der Waals surface area (Å²) in [7, 11) is 1.47. The van der Waals surface area contributed by atoms with Gasteiger partial charge in [0.2, 0.25) is 0 Å². The van der Waals surface area contributed by atoms with Crippen molar-refractivity contribution in [2.75, 3.05) is 20.2 Å². The van der Waals surface area contributed by atoms with Crippen LogP contribution in [0.25, 0.3) is 0 Å². The van der Waals surface area contributed by atoms with E-state index in [1.54, 1.807) is 0 Å². The van der Waals surface area contributed by atoms with Crippen molar-refractivity contribution in [2.45, 2.75) is 31.7 Å². The molecule has 1 heterocycles. The van der Waals surface area contributed by atoms with Gasteiger partial charge in [0.15, 0.2) is 0 Å². The van der Waals surface area contributed by atoms with E-state index >= 15 is 0 Å². The third-order valence-electron chi connectivity index (χ3n) is 3.32.